The standard InChI is InChI=1S/C11H11NOS/c1-14-11-4-2-3-10(9(11)7-12)13-8-5-6-8/h2-4,8H,5-6H2,1H3. The van der Waals surface area contributed by atoms with E-state index < -0.39 is 0 Å². The number of nitrogens with zero attached hydrogens (tertiary/aromatic N) is 1. The van der Waals surface area contributed by atoms with Crippen molar-refractivity contribution in [1.29, 1.82) is 5.26 Å². The molecule has 1 saturated carbocycles. The Balaban J connectivity index is 2.32. The highest BCUT2D eigenvalue weighted by molar-refractivity contribution is 7.98. The maximum Gasteiger partial charge on any atom is 0.138 e. The normalized spacial score (nSPS) is 14.9. The highest BCUT2D eigenvalue weighted by Gasteiger charge is 2.25. The van der Waals surface area contributed by atoms with Crippen LogP contribution >= 0.6 is 11.8 Å². The minimum Gasteiger partial charge on any atom is -0.489 e. The van der Waals surface area contributed by atoms with Crippen molar-refractivity contribution in [3.05, 3.63) is 23.8 Å². The lowest BCUT2D eigenvalue weighted by Gasteiger charge is -2.08. The van der Waals surface area contributed by atoms with Gasteiger partial charge in [-0.3, -0.25) is 0 Å². The van der Waals surface area contributed by atoms with E-state index in [1.165, 1.54) is 0 Å². The molecule has 0 aliphatic heterocycles. The Labute approximate surface area is 87.9 Å². The average molecular weight is 205 g/mol. The summed E-state index contributed by atoms with van der Waals surface area (Å²) in [6, 6.07) is 7.96. The second-order valence-corrected chi connectivity index (χ2v) is 4.11. The third-order valence-corrected chi connectivity index (χ3v) is 2.92. The van der Waals surface area contributed by atoms with E-state index in [0.717, 1.165) is 23.5 Å². The highest BCUT2D eigenvalue weighted by atomic mass is 32.2. The number of ether oxygens (including phenoxy) is 1. The molecule has 0 heterocycles. The molecule has 0 atom stereocenters. The predicted octanol–water partition coefficient (Wildman–Crippen LogP) is 2.82. The Morgan fingerprint density at radius 1 is 1.50 bits per heavy atom. The molecule has 0 N–H and O–H groups in total. The number of thioether (sulfide) groups is 1. The van der Waals surface area contributed by atoms with Crippen LogP contribution in [0.4, 0.5) is 0 Å². The topological polar surface area (TPSA) is 33.0 Å². The molecule has 0 bridgehead atoms. The van der Waals surface area contributed by atoms with Crippen LogP contribution in [-0.4, -0.2) is 12.4 Å². The zero-order valence-corrected chi connectivity index (χ0v) is 8.80. The van der Waals surface area contributed by atoms with Crippen LogP contribution in [0.25, 0.3) is 0 Å². The van der Waals surface area contributed by atoms with Crippen molar-refractivity contribution in [3.63, 3.8) is 0 Å². The Bertz CT molecular complexity index is 379. The van der Waals surface area contributed by atoms with Gasteiger partial charge in [0.25, 0.3) is 0 Å². The molecule has 0 amide bonds. The maximum absolute atomic E-state index is 9.02. The Kier molecular flexibility index (Phi) is 2.64. The Hall–Kier alpha value is -1.14. The summed E-state index contributed by atoms with van der Waals surface area (Å²) >= 11 is 1.58. The minimum atomic E-state index is 0.346. The van der Waals surface area contributed by atoms with E-state index in [0.29, 0.717) is 11.7 Å². The molecule has 1 aromatic rings. The van der Waals surface area contributed by atoms with Crippen molar-refractivity contribution in [3.8, 4) is 11.8 Å². The second kappa shape index (κ2) is 3.93. The predicted molar refractivity (Wildman–Crippen MR) is 56.6 cm³/mol. The van der Waals surface area contributed by atoms with Crippen LogP contribution in [0, 0.1) is 11.3 Å². The van der Waals surface area contributed by atoms with Crippen LogP contribution in [0.5, 0.6) is 5.75 Å². The van der Waals surface area contributed by atoms with Crippen LogP contribution in [-0.2, 0) is 0 Å². The van der Waals surface area contributed by atoms with E-state index >= 15 is 0 Å². The molecule has 72 valence electrons. The highest BCUT2D eigenvalue weighted by Crippen LogP contribution is 2.32. The molecule has 0 unspecified atom stereocenters. The van der Waals surface area contributed by atoms with E-state index in [-0.39, 0.29) is 0 Å². The number of hydrogen-bond donors (Lipinski definition) is 0. The van der Waals surface area contributed by atoms with Crippen molar-refractivity contribution in [2.75, 3.05) is 6.26 Å². The number of rotatable bonds is 3. The van der Waals surface area contributed by atoms with Gasteiger partial charge in [-0.25, -0.2) is 0 Å². The van der Waals surface area contributed by atoms with Gasteiger partial charge >= 0.3 is 0 Å². The molecule has 1 fully saturated rings. The van der Waals surface area contributed by atoms with Gasteiger partial charge in [0.1, 0.15) is 17.4 Å². The summed E-state index contributed by atoms with van der Waals surface area (Å²) < 4.78 is 5.65. The van der Waals surface area contributed by atoms with Gasteiger partial charge in [-0.1, -0.05) is 6.07 Å². The zero-order valence-electron chi connectivity index (χ0n) is 7.99. The van der Waals surface area contributed by atoms with E-state index in [9.17, 15) is 0 Å². The molecule has 14 heavy (non-hydrogen) atoms. The van der Waals surface area contributed by atoms with Gasteiger partial charge in [0, 0.05) is 4.90 Å². The van der Waals surface area contributed by atoms with Gasteiger partial charge in [-0.15, -0.1) is 11.8 Å². The number of benzene rings is 1. The van der Waals surface area contributed by atoms with E-state index in [1.54, 1.807) is 11.8 Å². The van der Waals surface area contributed by atoms with Gasteiger partial charge in [-0.2, -0.15) is 5.26 Å². The average Bonchev–Trinajstić information content (AvgIpc) is 3.01. The zero-order chi connectivity index (χ0) is 9.97. The summed E-state index contributed by atoms with van der Waals surface area (Å²) in [5.41, 5.74) is 0.673. The molecular weight excluding hydrogens is 194 g/mol. The first-order chi connectivity index (χ1) is 6.85. The smallest absolute Gasteiger partial charge is 0.138 e. The summed E-state index contributed by atoms with van der Waals surface area (Å²) in [6.45, 7) is 0. The second-order valence-electron chi connectivity index (χ2n) is 3.26. The molecule has 0 saturated heterocycles. The first-order valence-electron chi connectivity index (χ1n) is 4.59. The number of hydrogen-bond acceptors (Lipinski definition) is 3. The molecule has 1 aliphatic rings. The van der Waals surface area contributed by atoms with Gasteiger partial charge in [-0.05, 0) is 31.2 Å². The third kappa shape index (κ3) is 1.85. The minimum absolute atomic E-state index is 0.346. The molecule has 2 rings (SSSR count). The fourth-order valence-corrected chi connectivity index (χ4v) is 1.82. The van der Waals surface area contributed by atoms with Gasteiger partial charge in [0.2, 0.25) is 0 Å². The van der Waals surface area contributed by atoms with E-state index in [1.807, 2.05) is 24.5 Å². The molecule has 0 spiro atoms. The lowest BCUT2D eigenvalue weighted by molar-refractivity contribution is 0.301. The van der Waals surface area contributed by atoms with Crippen molar-refractivity contribution < 1.29 is 4.74 Å². The van der Waals surface area contributed by atoms with Crippen molar-refractivity contribution in [1.82, 2.24) is 0 Å². The molecule has 2 nitrogen and oxygen atoms in total. The fraction of sp³-hybridized carbons (Fsp3) is 0.364. The third-order valence-electron chi connectivity index (χ3n) is 2.14. The first kappa shape index (κ1) is 9.42. The molecular formula is C11H11NOS. The summed E-state index contributed by atoms with van der Waals surface area (Å²) in [5, 5.41) is 9.02. The largest absolute Gasteiger partial charge is 0.489 e. The summed E-state index contributed by atoms with van der Waals surface area (Å²) in [4.78, 5) is 0.991. The van der Waals surface area contributed by atoms with Gasteiger partial charge in [0.05, 0.1) is 6.10 Å². The van der Waals surface area contributed by atoms with Crippen LogP contribution in [0.3, 0.4) is 0 Å². The van der Waals surface area contributed by atoms with E-state index in [2.05, 4.69) is 6.07 Å². The van der Waals surface area contributed by atoms with Crippen LogP contribution in [0.1, 0.15) is 18.4 Å². The fourth-order valence-electron chi connectivity index (χ4n) is 1.25. The van der Waals surface area contributed by atoms with Crippen molar-refractivity contribution >= 4 is 11.8 Å². The first-order valence-corrected chi connectivity index (χ1v) is 5.81. The molecule has 3 heteroatoms. The summed E-state index contributed by atoms with van der Waals surface area (Å²) in [7, 11) is 0. The lowest BCUT2D eigenvalue weighted by atomic mass is 10.2. The molecule has 0 radical (unpaired) electrons. The monoisotopic (exact) mass is 205 g/mol. The number of nitriles is 1. The van der Waals surface area contributed by atoms with Crippen LogP contribution in [0.2, 0.25) is 0 Å². The molecule has 1 aromatic carbocycles. The maximum atomic E-state index is 9.02. The van der Waals surface area contributed by atoms with E-state index in [4.69, 9.17) is 10.00 Å². The summed E-state index contributed by atoms with van der Waals surface area (Å²) in [5.74, 6) is 0.738. The van der Waals surface area contributed by atoms with Crippen molar-refractivity contribution in [2.24, 2.45) is 0 Å². The summed E-state index contributed by atoms with van der Waals surface area (Å²) in [6.07, 6.45) is 4.55. The Morgan fingerprint density at radius 3 is 2.86 bits per heavy atom. The molecule has 1 aliphatic carbocycles. The quantitative estimate of drug-likeness (QED) is 0.711. The van der Waals surface area contributed by atoms with Crippen LogP contribution < -0.4 is 4.74 Å². The lowest BCUT2D eigenvalue weighted by Crippen LogP contribution is -1.98. The SMILES string of the molecule is CSc1cccc(OC2CC2)c1C#N. The van der Waals surface area contributed by atoms with Gasteiger partial charge < -0.3 is 4.74 Å². The Morgan fingerprint density at radius 2 is 2.29 bits per heavy atom. The van der Waals surface area contributed by atoms with Crippen LogP contribution in [0.15, 0.2) is 23.1 Å². The molecule has 0 aromatic heterocycles. The van der Waals surface area contributed by atoms with Gasteiger partial charge in [0.15, 0.2) is 0 Å². The van der Waals surface area contributed by atoms with Crippen molar-refractivity contribution in [2.45, 2.75) is 23.8 Å².